The van der Waals surface area contributed by atoms with Crippen LogP contribution < -0.4 is 3.84 Å². The van der Waals surface area contributed by atoms with Gasteiger partial charge in [-0.05, 0) is 0 Å². The summed E-state index contributed by atoms with van der Waals surface area (Å²) in [4.78, 5) is 16.0. The van der Waals surface area contributed by atoms with Crippen LogP contribution in [0.2, 0.25) is 67.7 Å². The molecule has 0 amide bonds. The Balaban J connectivity index is 2.31. The molecule has 1 saturated heterocycles. The van der Waals surface area contributed by atoms with Gasteiger partial charge in [0.25, 0.3) is 0 Å². The van der Waals surface area contributed by atoms with Gasteiger partial charge in [0, 0.05) is 0 Å². The van der Waals surface area contributed by atoms with Gasteiger partial charge >= 0.3 is 335 Å². The fourth-order valence-corrected chi connectivity index (χ4v) is 25.2. The third-order valence-electron chi connectivity index (χ3n) is 13.5. The summed E-state index contributed by atoms with van der Waals surface area (Å²) in [5, 5.41) is 0.1000. The first-order valence-electron chi connectivity index (χ1n) is 21.1. The van der Waals surface area contributed by atoms with Gasteiger partial charge in [0.1, 0.15) is 0 Å². The predicted molar refractivity (Wildman–Crippen MR) is 236 cm³/mol. The van der Waals surface area contributed by atoms with Gasteiger partial charge in [-0.3, -0.25) is 0 Å². The average molecular weight is 898 g/mol. The number of hydrogen-bond acceptors (Lipinski definition) is 7. The zero-order valence-corrected chi connectivity index (χ0v) is 43.7. The van der Waals surface area contributed by atoms with E-state index in [0.29, 0.717) is 6.61 Å². The quantitative estimate of drug-likeness (QED) is 0.138. The summed E-state index contributed by atoms with van der Waals surface area (Å²) in [6, 6.07) is 0. The minimum absolute atomic E-state index is 0.00361. The van der Waals surface area contributed by atoms with Crippen LogP contribution in [-0.2, 0) is 18.0 Å². The van der Waals surface area contributed by atoms with Crippen molar-refractivity contribution in [2.24, 2.45) is 0 Å². The Bertz CT molecular complexity index is 1460. The Kier molecular flexibility index (Phi) is 15.8. The van der Waals surface area contributed by atoms with E-state index in [1.165, 1.54) is 55.7 Å². The molecule has 2 aromatic heterocycles. The van der Waals surface area contributed by atoms with Crippen molar-refractivity contribution in [3.8, 4) is 0 Å². The van der Waals surface area contributed by atoms with Crippen LogP contribution >= 0.6 is 0 Å². The van der Waals surface area contributed by atoms with Gasteiger partial charge in [0.15, 0.2) is 0 Å². The Labute approximate surface area is 333 Å². The van der Waals surface area contributed by atoms with Crippen LogP contribution in [0.4, 0.5) is 0 Å². The minimum atomic E-state index is -2.98. The van der Waals surface area contributed by atoms with E-state index < -0.39 is 49.6 Å². The van der Waals surface area contributed by atoms with E-state index in [-0.39, 0.29) is 33.4 Å². The van der Waals surface area contributed by atoms with E-state index in [4.69, 9.17) is 33.0 Å². The molecule has 3 heterocycles. The van der Waals surface area contributed by atoms with Crippen LogP contribution in [0.3, 0.4) is 0 Å². The molecule has 306 valence electrons. The van der Waals surface area contributed by atoms with Crippen molar-refractivity contribution in [1.82, 2.24) is 19.5 Å². The molecule has 0 aromatic carbocycles. The summed E-state index contributed by atoms with van der Waals surface area (Å²) in [6.45, 7) is 44.4. The van der Waals surface area contributed by atoms with Crippen molar-refractivity contribution in [3.63, 3.8) is 0 Å². The number of aryl methyl sites for hydroxylation is 1. The van der Waals surface area contributed by atoms with Gasteiger partial charge in [0.05, 0.1) is 0 Å². The summed E-state index contributed by atoms with van der Waals surface area (Å²) < 4.78 is 36.6. The van der Waals surface area contributed by atoms with Gasteiger partial charge in [-0.1, -0.05) is 0 Å². The normalized spacial score (nSPS) is 21.3. The first-order chi connectivity index (χ1) is 24.2. The van der Waals surface area contributed by atoms with E-state index in [1.807, 2.05) is 6.33 Å². The summed E-state index contributed by atoms with van der Waals surface area (Å²) in [6.07, 6.45) is 7.99. The van der Waals surface area contributed by atoms with Crippen molar-refractivity contribution in [2.45, 2.75) is 221 Å². The van der Waals surface area contributed by atoms with Crippen LogP contribution in [0.1, 0.15) is 134 Å². The van der Waals surface area contributed by atoms with Crippen LogP contribution in [0, 0.1) is 6.92 Å². The molecular weight excluding hydrogens is 815 g/mol. The molecule has 8 nitrogen and oxygen atoms in total. The van der Waals surface area contributed by atoms with E-state index >= 15 is 0 Å². The van der Waals surface area contributed by atoms with E-state index in [0.717, 1.165) is 16.9 Å². The number of ether oxygens (including phenoxy) is 1. The number of imidazole rings is 1. The zero-order valence-electron chi connectivity index (χ0n) is 37.9. The third kappa shape index (κ3) is 10.9. The van der Waals surface area contributed by atoms with Crippen LogP contribution in [-0.4, -0.2) is 87.8 Å². The second-order valence-corrected chi connectivity index (χ2v) is 48.1. The summed E-state index contributed by atoms with van der Waals surface area (Å²) in [7, 11) is -6.66. The molecule has 3 rings (SSSR count). The van der Waals surface area contributed by atoms with Crippen LogP contribution in [0.25, 0.3) is 11.2 Å². The molecule has 1 fully saturated rings. The van der Waals surface area contributed by atoms with Gasteiger partial charge in [-0.25, -0.2) is 0 Å². The topological polar surface area (TPSA) is 80.5 Å². The maximum atomic E-state index is 7.52. The second kappa shape index (κ2) is 17.8. The summed E-state index contributed by atoms with van der Waals surface area (Å²) in [5.74, 6) is 0. The number of fused-ring (bicyclic) bond motifs is 1. The number of unbranched alkanes of at least 4 members (excludes halogenated alkanes) is 3. The molecule has 12 heteroatoms. The maximum absolute atomic E-state index is 7.52. The predicted octanol–water partition coefficient (Wildman–Crippen LogP) is 11.9. The fourth-order valence-electron chi connectivity index (χ4n) is 6.61. The van der Waals surface area contributed by atoms with Crippen molar-refractivity contribution >= 4 is 58.3 Å². The molecule has 4 atom stereocenters. The monoisotopic (exact) mass is 898 g/mol. The number of hydrogen-bond donors (Lipinski definition) is 0. The van der Waals surface area contributed by atoms with Crippen molar-refractivity contribution in [1.29, 1.82) is 0 Å². The van der Waals surface area contributed by atoms with Gasteiger partial charge in [-0.15, -0.1) is 0 Å². The Morgan fingerprint density at radius 1 is 0.698 bits per heavy atom. The van der Waals surface area contributed by atoms with E-state index in [1.54, 1.807) is 0 Å². The Hall–Kier alpha value is -0.161. The standard InChI is InChI=1S/C29H55N4O4Si3.3C4H9.Sn/c1-20-22-25(31-18-30-20)33(19-32-22)26-24(37-40(15,16)29(8,9)10)23(36-39(13,14)28(5,6)7)21(35-26)17-34-38(11,12)27(2,3)4;3*1-3-4-2;/h19,21,23-24,26H,17H2,1-16H3;3*1,3-4H2,2H3;/t21-,23-,24-,26?;;;;/m1..../s1. The zero-order chi connectivity index (χ0) is 40.4. The van der Waals surface area contributed by atoms with Gasteiger partial charge < -0.3 is 0 Å². The SMILES string of the molecule is CCC[CH2][Sn]([CH2]CCC)([CH2]CCC)[c]1nc(C)c2ncn(C3O[C@H](CO[Si](C)(C)C(C)(C)C)[C@@H](O[Si](C)(C)C(C)(C)C)[C@H]3O[Si](C)(C)C(C)(C)C)c2n1. The summed E-state index contributed by atoms with van der Waals surface area (Å²) in [5.41, 5.74) is 2.75. The Morgan fingerprint density at radius 3 is 1.58 bits per heavy atom. The number of rotatable bonds is 18. The van der Waals surface area contributed by atoms with Gasteiger partial charge in [0.2, 0.25) is 0 Å². The first-order valence-corrected chi connectivity index (χ1v) is 37.3. The Morgan fingerprint density at radius 2 is 1.15 bits per heavy atom. The van der Waals surface area contributed by atoms with E-state index in [2.05, 4.69) is 134 Å². The molecule has 0 spiro atoms. The molecule has 1 aliphatic heterocycles. The molecule has 1 unspecified atom stereocenters. The third-order valence-corrected chi connectivity index (χ3v) is 41.6. The van der Waals surface area contributed by atoms with Crippen LogP contribution in [0.5, 0.6) is 0 Å². The molecular formula is C41H82N4O4Si3Sn. The molecule has 0 saturated carbocycles. The molecule has 0 bridgehead atoms. The van der Waals surface area contributed by atoms with Crippen LogP contribution in [0.15, 0.2) is 6.33 Å². The van der Waals surface area contributed by atoms with Crippen molar-refractivity contribution < 1.29 is 18.0 Å². The fraction of sp³-hybridized carbons (Fsp3) is 0.878. The van der Waals surface area contributed by atoms with Gasteiger partial charge in [-0.2, -0.15) is 0 Å². The summed E-state index contributed by atoms with van der Waals surface area (Å²) >= 11 is -2.98. The molecule has 0 N–H and O–H groups in total. The molecule has 1 aliphatic rings. The molecule has 2 aromatic rings. The molecule has 53 heavy (non-hydrogen) atoms. The number of aromatic nitrogens is 4. The second-order valence-electron chi connectivity index (χ2n) is 20.9. The van der Waals surface area contributed by atoms with Crippen molar-refractivity contribution in [2.75, 3.05) is 6.61 Å². The van der Waals surface area contributed by atoms with E-state index in [9.17, 15) is 0 Å². The number of nitrogens with zero attached hydrogens (tertiary/aromatic N) is 4. The molecule has 0 aliphatic carbocycles. The average Bonchev–Trinajstić information content (AvgIpc) is 3.59. The molecule has 0 radical (unpaired) electrons. The first kappa shape index (κ1) is 47.2. The van der Waals surface area contributed by atoms with Crippen molar-refractivity contribution in [3.05, 3.63) is 12.0 Å².